The highest BCUT2D eigenvalue weighted by molar-refractivity contribution is 6.12. The van der Waals surface area contributed by atoms with Crippen LogP contribution in [0.25, 0.3) is 0 Å². The monoisotopic (exact) mass is 290 g/mol. The van der Waals surface area contributed by atoms with E-state index in [2.05, 4.69) is 5.16 Å². The number of aromatic nitrogens is 1. The van der Waals surface area contributed by atoms with Gasteiger partial charge in [-0.25, -0.2) is 4.39 Å². The molecule has 1 aliphatic rings. The summed E-state index contributed by atoms with van der Waals surface area (Å²) in [4.78, 5) is 22.7. The highest BCUT2D eigenvalue weighted by Gasteiger charge is 2.45. The summed E-state index contributed by atoms with van der Waals surface area (Å²) >= 11 is 0. The van der Waals surface area contributed by atoms with Crippen LogP contribution in [0.1, 0.15) is 41.4 Å². The Kier molecular flexibility index (Phi) is 2.86. The minimum absolute atomic E-state index is 0.171. The van der Waals surface area contributed by atoms with Gasteiger partial charge in [-0.1, -0.05) is 12.1 Å². The van der Waals surface area contributed by atoms with E-state index in [0.29, 0.717) is 5.76 Å². The first kappa shape index (κ1) is 13.4. The van der Waals surface area contributed by atoms with Crippen molar-refractivity contribution in [2.75, 3.05) is 0 Å². The smallest absolute Gasteiger partial charge is 0.283 e. The van der Waals surface area contributed by atoms with E-state index in [9.17, 15) is 19.3 Å². The Balaban J connectivity index is 2.08. The molecule has 0 saturated heterocycles. The average molecular weight is 290 g/mol. The lowest BCUT2D eigenvalue weighted by Gasteiger charge is -2.06. The number of carbonyl (C=O) groups is 1. The molecule has 0 atom stereocenters. The zero-order chi connectivity index (χ0) is 15.2. The first-order chi connectivity index (χ1) is 9.92. The third kappa shape index (κ3) is 2.20. The van der Waals surface area contributed by atoms with E-state index in [1.54, 1.807) is 0 Å². The summed E-state index contributed by atoms with van der Waals surface area (Å²) in [5.74, 6) is -0.907. The molecule has 0 unspecified atom stereocenters. The number of nitrogens with zero attached hydrogens (tertiary/aromatic N) is 2. The summed E-state index contributed by atoms with van der Waals surface area (Å²) in [6, 6.07) is 2.87. The average Bonchev–Trinajstić information content (AvgIpc) is 3.01. The van der Waals surface area contributed by atoms with Crippen LogP contribution in [0.4, 0.5) is 10.1 Å². The molecule has 21 heavy (non-hydrogen) atoms. The molecular formula is C14H11FN2O4. The van der Waals surface area contributed by atoms with Crippen LogP contribution in [-0.4, -0.2) is 15.9 Å². The lowest BCUT2D eigenvalue weighted by molar-refractivity contribution is -0.385. The normalized spacial score (nSPS) is 15.7. The van der Waals surface area contributed by atoms with Crippen molar-refractivity contribution in [2.24, 2.45) is 0 Å². The topological polar surface area (TPSA) is 86.2 Å². The molecule has 0 spiro atoms. The Morgan fingerprint density at radius 3 is 2.76 bits per heavy atom. The molecule has 1 fully saturated rings. The van der Waals surface area contributed by atoms with Crippen molar-refractivity contribution in [3.8, 4) is 0 Å². The number of nitro groups is 1. The summed E-state index contributed by atoms with van der Waals surface area (Å²) in [6.45, 7) is 1.93. The summed E-state index contributed by atoms with van der Waals surface area (Å²) in [6.07, 6.45) is 3.00. The number of nitro benzene ring substituents is 1. The molecule has 0 bridgehead atoms. The quantitative estimate of drug-likeness (QED) is 0.491. The highest BCUT2D eigenvalue weighted by atomic mass is 19.1. The Labute approximate surface area is 118 Å². The van der Waals surface area contributed by atoms with Crippen LogP contribution in [0, 0.1) is 15.9 Å². The molecule has 0 aliphatic heterocycles. The second-order valence-corrected chi connectivity index (χ2v) is 5.38. The Morgan fingerprint density at radius 2 is 2.14 bits per heavy atom. The van der Waals surface area contributed by atoms with Crippen LogP contribution in [0.3, 0.4) is 0 Å². The predicted molar refractivity (Wildman–Crippen MR) is 69.6 cm³/mol. The Morgan fingerprint density at radius 1 is 1.43 bits per heavy atom. The first-order valence-electron chi connectivity index (χ1n) is 6.36. The van der Waals surface area contributed by atoms with Crippen molar-refractivity contribution in [3.63, 3.8) is 0 Å². The maximum absolute atomic E-state index is 13.1. The van der Waals surface area contributed by atoms with Gasteiger partial charge >= 0.3 is 0 Å². The van der Waals surface area contributed by atoms with Gasteiger partial charge in [0, 0.05) is 5.41 Å². The van der Waals surface area contributed by atoms with Crippen LogP contribution < -0.4 is 0 Å². The van der Waals surface area contributed by atoms with Gasteiger partial charge in [-0.2, -0.15) is 0 Å². The van der Waals surface area contributed by atoms with E-state index < -0.39 is 22.2 Å². The molecule has 1 heterocycles. The molecule has 0 amide bonds. The van der Waals surface area contributed by atoms with Crippen molar-refractivity contribution in [1.29, 1.82) is 0 Å². The zero-order valence-electron chi connectivity index (χ0n) is 11.1. The molecule has 7 heteroatoms. The fourth-order valence-electron chi connectivity index (χ4n) is 2.24. The van der Waals surface area contributed by atoms with E-state index in [-0.39, 0.29) is 16.5 Å². The van der Waals surface area contributed by atoms with E-state index >= 15 is 0 Å². The van der Waals surface area contributed by atoms with Gasteiger partial charge in [0.1, 0.15) is 11.4 Å². The maximum Gasteiger partial charge on any atom is 0.283 e. The van der Waals surface area contributed by atoms with Crippen molar-refractivity contribution < 1.29 is 18.6 Å². The van der Waals surface area contributed by atoms with Gasteiger partial charge in [0.2, 0.25) is 5.78 Å². The van der Waals surface area contributed by atoms with Crippen LogP contribution in [0.2, 0.25) is 0 Å². The summed E-state index contributed by atoms with van der Waals surface area (Å²) in [5, 5.41) is 14.6. The maximum atomic E-state index is 13.1. The van der Waals surface area contributed by atoms with Gasteiger partial charge < -0.3 is 4.52 Å². The second-order valence-electron chi connectivity index (χ2n) is 5.38. The largest absolute Gasteiger partial charge is 0.360 e. The van der Waals surface area contributed by atoms with Gasteiger partial charge in [0.15, 0.2) is 5.76 Å². The minimum atomic E-state index is -0.775. The highest BCUT2D eigenvalue weighted by Crippen LogP contribution is 2.49. The summed E-state index contributed by atoms with van der Waals surface area (Å²) < 4.78 is 18.3. The van der Waals surface area contributed by atoms with Crippen molar-refractivity contribution in [3.05, 3.63) is 57.2 Å². The summed E-state index contributed by atoms with van der Waals surface area (Å²) in [5.41, 5.74) is -0.774. The molecule has 3 rings (SSSR count). The SMILES string of the molecule is CC1(c2oncc2C(=O)c2ccc(F)cc2[N+](=O)[O-])CC1. The Bertz CT molecular complexity index is 749. The van der Waals surface area contributed by atoms with E-state index in [0.717, 1.165) is 31.0 Å². The molecule has 108 valence electrons. The van der Waals surface area contributed by atoms with Gasteiger partial charge in [0.25, 0.3) is 5.69 Å². The third-order valence-corrected chi connectivity index (χ3v) is 3.76. The van der Waals surface area contributed by atoms with Crippen LogP contribution in [0.15, 0.2) is 28.9 Å². The van der Waals surface area contributed by atoms with Crippen molar-refractivity contribution >= 4 is 11.5 Å². The number of carbonyl (C=O) groups excluding carboxylic acids is 1. The molecule has 1 aromatic carbocycles. The van der Waals surface area contributed by atoms with Crippen LogP contribution in [-0.2, 0) is 5.41 Å². The Hall–Kier alpha value is -2.57. The zero-order valence-corrected chi connectivity index (χ0v) is 11.1. The number of ketones is 1. The standard InChI is InChI=1S/C14H11FN2O4/c1-14(4-5-14)13-10(7-16-21-13)12(18)9-3-2-8(15)6-11(9)17(19)20/h2-3,6-7H,4-5H2,1H3. The molecule has 1 saturated carbocycles. The second kappa shape index (κ2) is 4.47. The lowest BCUT2D eigenvalue weighted by atomic mass is 9.96. The van der Waals surface area contributed by atoms with E-state index in [1.807, 2.05) is 6.92 Å². The van der Waals surface area contributed by atoms with Crippen LogP contribution in [0.5, 0.6) is 0 Å². The fourth-order valence-corrected chi connectivity index (χ4v) is 2.24. The number of benzene rings is 1. The number of rotatable bonds is 4. The number of hydrogen-bond acceptors (Lipinski definition) is 5. The fraction of sp³-hybridized carbons (Fsp3) is 0.286. The molecule has 1 aromatic heterocycles. The first-order valence-corrected chi connectivity index (χ1v) is 6.36. The van der Waals surface area contributed by atoms with E-state index in [1.165, 1.54) is 6.20 Å². The van der Waals surface area contributed by atoms with E-state index in [4.69, 9.17) is 4.52 Å². The third-order valence-electron chi connectivity index (χ3n) is 3.76. The molecule has 1 aliphatic carbocycles. The lowest BCUT2D eigenvalue weighted by Crippen LogP contribution is -2.10. The minimum Gasteiger partial charge on any atom is -0.360 e. The van der Waals surface area contributed by atoms with Crippen LogP contribution >= 0.6 is 0 Å². The van der Waals surface area contributed by atoms with Gasteiger partial charge in [-0.3, -0.25) is 14.9 Å². The number of hydrogen-bond donors (Lipinski definition) is 0. The molecule has 0 radical (unpaired) electrons. The van der Waals surface area contributed by atoms with Gasteiger partial charge in [-0.15, -0.1) is 0 Å². The van der Waals surface area contributed by atoms with Gasteiger partial charge in [-0.05, 0) is 25.0 Å². The van der Waals surface area contributed by atoms with Crippen molar-refractivity contribution in [2.45, 2.75) is 25.2 Å². The predicted octanol–water partition coefficient (Wildman–Crippen LogP) is 3.00. The van der Waals surface area contributed by atoms with Gasteiger partial charge in [0.05, 0.1) is 22.7 Å². The molecule has 2 aromatic rings. The molecular weight excluding hydrogens is 279 g/mol. The number of halogens is 1. The molecule has 0 N–H and O–H groups in total. The molecule has 6 nitrogen and oxygen atoms in total. The summed E-state index contributed by atoms with van der Waals surface area (Å²) in [7, 11) is 0. The van der Waals surface area contributed by atoms with Crippen molar-refractivity contribution in [1.82, 2.24) is 5.16 Å².